The van der Waals surface area contributed by atoms with Crippen molar-refractivity contribution in [3.05, 3.63) is 40.5 Å². The molecular weight excluding hydrogens is 338 g/mol. The lowest BCUT2D eigenvalue weighted by molar-refractivity contribution is 0.0602. The Kier molecular flexibility index (Phi) is 4.64. The van der Waals surface area contributed by atoms with E-state index in [0.717, 1.165) is 10.2 Å². The summed E-state index contributed by atoms with van der Waals surface area (Å²) in [5, 5.41) is 3.06. The van der Waals surface area contributed by atoms with Gasteiger partial charge in [-0.3, -0.25) is 0 Å². The molecular formula is C14H14BrN3O3. The number of carbonyl (C=O) groups is 1. The van der Waals surface area contributed by atoms with Gasteiger partial charge in [0.25, 0.3) is 0 Å². The molecule has 1 aromatic carbocycles. The highest BCUT2D eigenvalue weighted by molar-refractivity contribution is 9.10. The minimum atomic E-state index is -0.511. The van der Waals surface area contributed by atoms with E-state index < -0.39 is 5.97 Å². The molecule has 21 heavy (non-hydrogen) atoms. The van der Waals surface area contributed by atoms with E-state index in [0.29, 0.717) is 11.6 Å². The molecule has 2 aromatic rings. The van der Waals surface area contributed by atoms with Gasteiger partial charge in [0.1, 0.15) is 5.75 Å². The second-order valence-electron chi connectivity index (χ2n) is 4.08. The smallest absolute Gasteiger partial charge is 0.340 e. The highest BCUT2D eigenvalue weighted by Gasteiger charge is 2.14. The number of esters is 1. The van der Waals surface area contributed by atoms with Gasteiger partial charge in [-0.2, -0.15) is 0 Å². The van der Waals surface area contributed by atoms with Crippen LogP contribution < -0.4 is 15.8 Å². The van der Waals surface area contributed by atoms with Crippen molar-refractivity contribution < 1.29 is 14.3 Å². The minimum Gasteiger partial charge on any atom is -0.497 e. The number of nitrogens with zero attached hydrogens (tertiary/aromatic N) is 1. The molecule has 2 rings (SSSR count). The molecule has 0 aliphatic carbocycles. The molecule has 6 nitrogen and oxygen atoms in total. The van der Waals surface area contributed by atoms with E-state index in [2.05, 4.69) is 31.0 Å². The molecule has 1 aromatic heterocycles. The second-order valence-corrected chi connectivity index (χ2v) is 4.94. The molecule has 110 valence electrons. The summed E-state index contributed by atoms with van der Waals surface area (Å²) < 4.78 is 10.7. The molecule has 0 spiro atoms. The van der Waals surface area contributed by atoms with Crippen LogP contribution in [0.1, 0.15) is 10.4 Å². The third-order valence-electron chi connectivity index (χ3n) is 2.82. The summed E-state index contributed by atoms with van der Waals surface area (Å²) in [6.07, 6.45) is 1.49. The molecule has 3 N–H and O–H groups in total. The molecule has 0 fully saturated rings. The van der Waals surface area contributed by atoms with E-state index in [-0.39, 0.29) is 11.3 Å². The summed E-state index contributed by atoms with van der Waals surface area (Å²) in [6.45, 7) is 0. The lowest BCUT2D eigenvalue weighted by Crippen LogP contribution is -2.09. The number of rotatable bonds is 4. The predicted molar refractivity (Wildman–Crippen MR) is 84.0 cm³/mol. The molecule has 0 aliphatic rings. The number of ether oxygens (including phenoxy) is 2. The fourth-order valence-corrected chi connectivity index (χ4v) is 2.06. The van der Waals surface area contributed by atoms with Crippen molar-refractivity contribution in [1.29, 1.82) is 0 Å². The van der Waals surface area contributed by atoms with E-state index in [4.69, 9.17) is 10.5 Å². The van der Waals surface area contributed by atoms with Crippen molar-refractivity contribution in [2.75, 3.05) is 25.3 Å². The van der Waals surface area contributed by atoms with Crippen LogP contribution in [0.25, 0.3) is 0 Å². The van der Waals surface area contributed by atoms with Gasteiger partial charge in [0.05, 0.1) is 31.2 Å². The molecule has 0 atom stereocenters. The summed E-state index contributed by atoms with van der Waals surface area (Å²) in [4.78, 5) is 15.8. The Bertz CT molecular complexity index is 677. The van der Waals surface area contributed by atoms with Crippen LogP contribution in [-0.4, -0.2) is 25.2 Å². The van der Waals surface area contributed by atoms with Gasteiger partial charge in [-0.1, -0.05) is 0 Å². The fraction of sp³-hybridized carbons (Fsp3) is 0.143. The quantitative estimate of drug-likeness (QED) is 0.823. The van der Waals surface area contributed by atoms with Crippen molar-refractivity contribution in [3.8, 4) is 5.75 Å². The summed E-state index contributed by atoms with van der Waals surface area (Å²) in [7, 11) is 2.88. The maximum absolute atomic E-state index is 11.6. The van der Waals surface area contributed by atoms with E-state index in [9.17, 15) is 4.79 Å². The van der Waals surface area contributed by atoms with Crippen LogP contribution in [0.3, 0.4) is 0 Å². The van der Waals surface area contributed by atoms with Crippen LogP contribution >= 0.6 is 15.9 Å². The van der Waals surface area contributed by atoms with Gasteiger partial charge in [0, 0.05) is 16.7 Å². The normalized spacial score (nSPS) is 10.0. The van der Waals surface area contributed by atoms with Gasteiger partial charge >= 0.3 is 5.97 Å². The lowest BCUT2D eigenvalue weighted by atomic mass is 10.2. The predicted octanol–water partition coefficient (Wildman–Crippen LogP) is 2.97. The number of hydrogen-bond donors (Lipinski definition) is 2. The van der Waals surface area contributed by atoms with Gasteiger partial charge in [-0.15, -0.1) is 0 Å². The highest BCUT2D eigenvalue weighted by Crippen LogP contribution is 2.31. The van der Waals surface area contributed by atoms with Crippen LogP contribution in [-0.2, 0) is 4.74 Å². The van der Waals surface area contributed by atoms with E-state index in [1.807, 2.05) is 12.1 Å². The van der Waals surface area contributed by atoms with Crippen LogP contribution in [0.2, 0.25) is 0 Å². The topological polar surface area (TPSA) is 86.5 Å². The Hall–Kier alpha value is -2.28. The second kappa shape index (κ2) is 6.45. The molecule has 7 heteroatoms. The van der Waals surface area contributed by atoms with Crippen molar-refractivity contribution in [3.63, 3.8) is 0 Å². The van der Waals surface area contributed by atoms with Gasteiger partial charge in [0.15, 0.2) is 5.82 Å². The third kappa shape index (κ3) is 3.25. The number of nitrogens with one attached hydrogen (secondary N) is 1. The third-order valence-corrected chi connectivity index (χ3v) is 3.51. The summed E-state index contributed by atoms with van der Waals surface area (Å²) >= 11 is 3.42. The standard InChI is InChI=1S/C14H14BrN3O3/c1-20-8-3-4-10(15)11(7-8)18-13-12(16)9(5-6-17-13)14(19)21-2/h3-7H,16H2,1-2H3,(H,17,18). The molecule has 1 heterocycles. The van der Waals surface area contributed by atoms with Crippen LogP contribution in [0.5, 0.6) is 5.75 Å². The Balaban J connectivity index is 2.38. The molecule has 0 amide bonds. The molecule has 0 saturated carbocycles. The summed E-state index contributed by atoms with van der Waals surface area (Å²) in [6, 6.07) is 6.95. The van der Waals surface area contributed by atoms with E-state index >= 15 is 0 Å². The van der Waals surface area contributed by atoms with Gasteiger partial charge in [-0.05, 0) is 34.1 Å². The number of nitrogens with two attached hydrogens (primary N) is 1. The average Bonchev–Trinajstić information content (AvgIpc) is 2.50. The Morgan fingerprint density at radius 1 is 1.33 bits per heavy atom. The molecule has 0 radical (unpaired) electrons. The van der Waals surface area contributed by atoms with Gasteiger partial charge in [0.2, 0.25) is 0 Å². The number of pyridine rings is 1. The molecule has 0 bridgehead atoms. The zero-order valence-corrected chi connectivity index (χ0v) is 13.1. The number of carbonyl (C=O) groups excluding carboxylic acids is 1. The van der Waals surface area contributed by atoms with Gasteiger partial charge < -0.3 is 20.5 Å². The summed E-state index contributed by atoms with van der Waals surface area (Å²) in [5.74, 6) is 0.540. The monoisotopic (exact) mass is 351 g/mol. The first-order valence-electron chi connectivity index (χ1n) is 6.00. The zero-order valence-electron chi connectivity index (χ0n) is 11.5. The number of aromatic nitrogens is 1. The average molecular weight is 352 g/mol. The van der Waals surface area contributed by atoms with Gasteiger partial charge in [-0.25, -0.2) is 9.78 Å². The fourth-order valence-electron chi connectivity index (χ4n) is 1.72. The Labute approximate surface area is 130 Å². The molecule has 0 aliphatic heterocycles. The summed E-state index contributed by atoms with van der Waals surface area (Å²) in [5.41, 5.74) is 7.15. The molecule has 0 unspecified atom stereocenters. The SMILES string of the molecule is COC(=O)c1ccnc(Nc2cc(OC)ccc2Br)c1N. The van der Waals surface area contributed by atoms with Crippen molar-refractivity contribution >= 4 is 39.1 Å². The maximum Gasteiger partial charge on any atom is 0.340 e. The first-order valence-corrected chi connectivity index (χ1v) is 6.79. The maximum atomic E-state index is 11.6. The molecule has 0 saturated heterocycles. The number of hydrogen-bond acceptors (Lipinski definition) is 6. The Morgan fingerprint density at radius 2 is 2.10 bits per heavy atom. The first-order chi connectivity index (χ1) is 10.1. The number of anilines is 3. The highest BCUT2D eigenvalue weighted by atomic mass is 79.9. The van der Waals surface area contributed by atoms with Crippen LogP contribution in [0.15, 0.2) is 34.9 Å². The largest absolute Gasteiger partial charge is 0.497 e. The first kappa shape index (κ1) is 15.1. The number of halogens is 1. The van der Waals surface area contributed by atoms with Crippen LogP contribution in [0.4, 0.5) is 17.2 Å². The lowest BCUT2D eigenvalue weighted by Gasteiger charge is -2.13. The van der Waals surface area contributed by atoms with Crippen molar-refractivity contribution in [1.82, 2.24) is 4.98 Å². The minimum absolute atomic E-state index is 0.221. The van der Waals surface area contributed by atoms with Crippen molar-refractivity contribution in [2.24, 2.45) is 0 Å². The van der Waals surface area contributed by atoms with E-state index in [1.54, 1.807) is 13.2 Å². The zero-order chi connectivity index (χ0) is 15.4. The number of nitrogen functional groups attached to an aromatic ring is 1. The number of methoxy groups -OCH3 is 2. The number of benzene rings is 1. The Morgan fingerprint density at radius 3 is 2.76 bits per heavy atom. The van der Waals surface area contributed by atoms with E-state index in [1.165, 1.54) is 19.4 Å². The van der Waals surface area contributed by atoms with Crippen molar-refractivity contribution in [2.45, 2.75) is 0 Å². The van der Waals surface area contributed by atoms with Crippen LogP contribution in [0, 0.1) is 0 Å².